The molecule has 6 heteroatoms. The van der Waals surface area contributed by atoms with Gasteiger partial charge in [-0.1, -0.05) is 30.3 Å². The zero-order chi connectivity index (χ0) is 17.1. The van der Waals surface area contributed by atoms with E-state index in [1.165, 1.54) is 5.56 Å². The molecule has 0 spiro atoms. The molecular formula is C19H22N2O3S. The summed E-state index contributed by atoms with van der Waals surface area (Å²) in [6.07, 6.45) is 2.65. The number of piperidine rings is 1. The summed E-state index contributed by atoms with van der Waals surface area (Å²) in [6.45, 7) is 2.79. The van der Waals surface area contributed by atoms with Gasteiger partial charge in [0.25, 0.3) is 5.91 Å². The number of benzene rings is 1. The first-order chi connectivity index (χ1) is 12.3. The average molecular weight is 358 g/mol. The molecule has 2 aliphatic rings. The maximum absolute atomic E-state index is 12.8. The molecule has 2 fully saturated rings. The van der Waals surface area contributed by atoms with Crippen LogP contribution < -0.4 is 0 Å². The fourth-order valence-corrected chi connectivity index (χ4v) is 4.29. The second kappa shape index (κ2) is 7.64. The maximum atomic E-state index is 12.8. The molecule has 1 unspecified atom stereocenters. The smallest absolute Gasteiger partial charge is 0.273 e. The van der Waals surface area contributed by atoms with Crippen molar-refractivity contribution >= 4 is 17.2 Å². The second-order valence-corrected chi connectivity index (χ2v) is 7.49. The number of hydrogen-bond donors (Lipinski definition) is 0. The molecule has 1 aromatic heterocycles. The van der Waals surface area contributed by atoms with E-state index in [1.54, 1.807) is 11.3 Å². The van der Waals surface area contributed by atoms with Crippen LogP contribution in [0.25, 0.3) is 0 Å². The van der Waals surface area contributed by atoms with Crippen LogP contribution in [0, 0.1) is 5.92 Å². The van der Waals surface area contributed by atoms with Gasteiger partial charge in [0.2, 0.25) is 0 Å². The van der Waals surface area contributed by atoms with Gasteiger partial charge in [0.05, 0.1) is 18.2 Å². The molecule has 0 saturated carbocycles. The first kappa shape index (κ1) is 16.7. The molecule has 0 N–H and O–H groups in total. The van der Waals surface area contributed by atoms with Crippen LogP contribution in [0.5, 0.6) is 0 Å². The minimum atomic E-state index is -0.153. The summed E-state index contributed by atoms with van der Waals surface area (Å²) in [4.78, 5) is 19.3. The van der Waals surface area contributed by atoms with Gasteiger partial charge in [0, 0.05) is 30.8 Å². The molecule has 4 rings (SSSR count). The Morgan fingerprint density at radius 1 is 1.24 bits per heavy atom. The number of carbonyl (C=O) groups excluding carboxylic acids is 1. The summed E-state index contributed by atoms with van der Waals surface area (Å²) >= 11 is 1.55. The number of aromatic nitrogens is 1. The summed E-state index contributed by atoms with van der Waals surface area (Å²) < 4.78 is 11.2. The zero-order valence-electron chi connectivity index (χ0n) is 14.1. The van der Waals surface area contributed by atoms with Crippen LogP contribution in [0.1, 0.15) is 33.9 Å². The van der Waals surface area contributed by atoms with Crippen molar-refractivity contribution in [1.82, 2.24) is 9.88 Å². The summed E-state index contributed by atoms with van der Waals surface area (Å²) in [5.74, 6) is 0.292. The maximum Gasteiger partial charge on any atom is 0.273 e. The second-order valence-electron chi connectivity index (χ2n) is 6.55. The predicted octanol–water partition coefficient (Wildman–Crippen LogP) is 2.96. The Bertz CT molecular complexity index is 712. The lowest BCUT2D eigenvalue weighted by atomic mass is 9.97. The third kappa shape index (κ3) is 3.92. The van der Waals surface area contributed by atoms with Crippen molar-refractivity contribution in [3.63, 3.8) is 0 Å². The van der Waals surface area contributed by atoms with Gasteiger partial charge in [-0.3, -0.25) is 4.79 Å². The minimum Gasteiger partial charge on any atom is -0.350 e. The molecule has 0 radical (unpaired) electrons. The van der Waals surface area contributed by atoms with Gasteiger partial charge in [-0.25, -0.2) is 4.98 Å². The number of hydrogen-bond acceptors (Lipinski definition) is 5. The molecule has 2 aromatic rings. The first-order valence-corrected chi connectivity index (χ1v) is 9.68. The number of nitrogens with zero attached hydrogens (tertiary/aromatic N) is 2. The van der Waals surface area contributed by atoms with E-state index in [2.05, 4.69) is 17.1 Å². The third-order valence-electron chi connectivity index (χ3n) is 4.75. The quantitative estimate of drug-likeness (QED) is 0.843. The number of ether oxygens (including phenoxy) is 2. The lowest BCUT2D eigenvalue weighted by Gasteiger charge is -2.34. The van der Waals surface area contributed by atoms with Crippen LogP contribution in [0.4, 0.5) is 0 Å². The van der Waals surface area contributed by atoms with E-state index in [0.717, 1.165) is 30.8 Å². The van der Waals surface area contributed by atoms with E-state index in [4.69, 9.17) is 9.47 Å². The molecule has 132 valence electrons. The van der Waals surface area contributed by atoms with E-state index in [1.807, 2.05) is 28.5 Å². The largest absolute Gasteiger partial charge is 0.350 e. The van der Waals surface area contributed by atoms with E-state index in [9.17, 15) is 4.79 Å². The normalized spacial score (nSPS) is 21.6. The highest BCUT2D eigenvalue weighted by Gasteiger charge is 2.33. The number of carbonyl (C=O) groups is 1. The fraction of sp³-hybridized carbons (Fsp3) is 0.474. The van der Waals surface area contributed by atoms with Crippen LogP contribution in [-0.4, -0.2) is 48.4 Å². The van der Waals surface area contributed by atoms with Crippen molar-refractivity contribution in [1.29, 1.82) is 0 Å². The van der Waals surface area contributed by atoms with Gasteiger partial charge >= 0.3 is 0 Å². The van der Waals surface area contributed by atoms with Crippen LogP contribution in [-0.2, 0) is 15.9 Å². The van der Waals surface area contributed by atoms with Crippen LogP contribution in [0.2, 0.25) is 0 Å². The molecule has 2 saturated heterocycles. The standard InChI is InChI=1S/C19H22N2O3S/c22-18(21-8-4-7-15(12-21)19-23-9-10-24-19)16-13-25-17(20-16)11-14-5-2-1-3-6-14/h1-3,5-6,13,15,19H,4,7-12H2. The minimum absolute atomic E-state index is 0.0262. The van der Waals surface area contributed by atoms with E-state index < -0.39 is 0 Å². The van der Waals surface area contributed by atoms with Crippen molar-refractivity contribution in [2.24, 2.45) is 5.92 Å². The average Bonchev–Trinajstić information content (AvgIpc) is 3.34. The summed E-state index contributed by atoms with van der Waals surface area (Å²) in [6, 6.07) is 10.2. The summed E-state index contributed by atoms with van der Waals surface area (Å²) in [5, 5.41) is 2.86. The lowest BCUT2D eigenvalue weighted by molar-refractivity contribution is -0.0969. The van der Waals surface area contributed by atoms with Gasteiger partial charge in [-0.15, -0.1) is 11.3 Å². The van der Waals surface area contributed by atoms with Crippen molar-refractivity contribution in [2.75, 3.05) is 26.3 Å². The topological polar surface area (TPSA) is 51.7 Å². The van der Waals surface area contributed by atoms with Gasteiger partial charge in [-0.2, -0.15) is 0 Å². The number of thiazole rings is 1. The van der Waals surface area contributed by atoms with Crippen LogP contribution >= 0.6 is 11.3 Å². The molecule has 5 nitrogen and oxygen atoms in total. The number of likely N-dealkylation sites (tertiary alicyclic amines) is 1. The van der Waals surface area contributed by atoms with Gasteiger partial charge in [0.15, 0.2) is 6.29 Å². The number of rotatable bonds is 4. The molecule has 0 bridgehead atoms. The van der Waals surface area contributed by atoms with Crippen LogP contribution in [0.3, 0.4) is 0 Å². The van der Waals surface area contributed by atoms with Crippen LogP contribution in [0.15, 0.2) is 35.7 Å². The fourth-order valence-electron chi connectivity index (χ4n) is 3.49. The molecule has 1 atom stereocenters. The Hall–Kier alpha value is -1.76. The Labute approximate surface area is 151 Å². The monoisotopic (exact) mass is 358 g/mol. The highest BCUT2D eigenvalue weighted by molar-refractivity contribution is 7.09. The van der Waals surface area contributed by atoms with E-state index in [0.29, 0.717) is 25.5 Å². The highest BCUT2D eigenvalue weighted by Crippen LogP contribution is 2.26. The predicted molar refractivity (Wildman–Crippen MR) is 95.7 cm³/mol. The SMILES string of the molecule is O=C(c1csc(Cc2ccccc2)n1)N1CCCC(C2OCCO2)C1. The van der Waals surface area contributed by atoms with Crippen molar-refractivity contribution in [3.05, 3.63) is 52.0 Å². The number of amides is 1. The van der Waals surface area contributed by atoms with Gasteiger partial charge < -0.3 is 14.4 Å². The molecule has 1 amide bonds. The lowest BCUT2D eigenvalue weighted by Crippen LogP contribution is -2.44. The van der Waals surface area contributed by atoms with Crippen molar-refractivity contribution in [2.45, 2.75) is 25.6 Å². The van der Waals surface area contributed by atoms with Gasteiger partial charge in [-0.05, 0) is 18.4 Å². The summed E-state index contributed by atoms with van der Waals surface area (Å²) in [7, 11) is 0. The first-order valence-electron chi connectivity index (χ1n) is 8.80. The van der Waals surface area contributed by atoms with Crippen molar-refractivity contribution < 1.29 is 14.3 Å². The highest BCUT2D eigenvalue weighted by atomic mass is 32.1. The molecule has 2 aliphatic heterocycles. The molecule has 1 aromatic carbocycles. The molecule has 25 heavy (non-hydrogen) atoms. The van der Waals surface area contributed by atoms with E-state index >= 15 is 0 Å². The van der Waals surface area contributed by atoms with Crippen molar-refractivity contribution in [3.8, 4) is 0 Å². The van der Waals surface area contributed by atoms with E-state index in [-0.39, 0.29) is 18.1 Å². The Morgan fingerprint density at radius 3 is 2.84 bits per heavy atom. The summed E-state index contributed by atoms with van der Waals surface area (Å²) in [5.41, 5.74) is 1.77. The molecule has 0 aliphatic carbocycles. The zero-order valence-corrected chi connectivity index (χ0v) is 14.9. The van der Waals surface area contributed by atoms with Gasteiger partial charge in [0.1, 0.15) is 5.69 Å². The molecule has 3 heterocycles. The third-order valence-corrected chi connectivity index (χ3v) is 5.60. The Kier molecular flexibility index (Phi) is 5.10. The Balaban J connectivity index is 1.40. The molecular weight excluding hydrogens is 336 g/mol. The Morgan fingerprint density at radius 2 is 2.04 bits per heavy atom.